The second-order valence-electron chi connectivity index (χ2n) is 5.01. The zero-order chi connectivity index (χ0) is 8.34. The van der Waals surface area contributed by atoms with Crippen LogP contribution in [0, 0.1) is 23.2 Å². The van der Waals surface area contributed by atoms with E-state index in [0.717, 1.165) is 24.7 Å². The van der Waals surface area contributed by atoms with E-state index in [2.05, 4.69) is 0 Å². The molecular weight excluding hydrogens is 152 g/mol. The molecular formula is C10H14O2. The molecule has 2 nitrogen and oxygen atoms in total. The molecule has 4 aliphatic carbocycles. The summed E-state index contributed by atoms with van der Waals surface area (Å²) < 4.78 is 0. The van der Waals surface area contributed by atoms with Gasteiger partial charge in [-0.1, -0.05) is 0 Å². The molecule has 0 aromatic carbocycles. The van der Waals surface area contributed by atoms with Crippen molar-refractivity contribution >= 4 is 5.97 Å². The maximum atomic E-state index is 11.2. The Morgan fingerprint density at radius 3 is 2.17 bits per heavy atom. The van der Waals surface area contributed by atoms with Crippen LogP contribution in [0.3, 0.4) is 0 Å². The minimum atomic E-state index is -0.503. The van der Waals surface area contributed by atoms with Gasteiger partial charge in [-0.05, 0) is 49.9 Å². The summed E-state index contributed by atoms with van der Waals surface area (Å²) in [6, 6.07) is 0. The molecule has 0 heterocycles. The van der Waals surface area contributed by atoms with Crippen molar-refractivity contribution < 1.29 is 9.90 Å². The first-order valence-electron chi connectivity index (χ1n) is 4.94. The largest absolute Gasteiger partial charge is 0.481 e. The molecule has 4 bridgehead atoms. The molecule has 4 fully saturated rings. The lowest BCUT2D eigenvalue weighted by atomic mass is 9.76. The van der Waals surface area contributed by atoms with Crippen LogP contribution in [-0.2, 0) is 4.79 Å². The molecule has 4 saturated carbocycles. The van der Waals surface area contributed by atoms with Gasteiger partial charge in [-0.3, -0.25) is 4.79 Å². The van der Waals surface area contributed by atoms with E-state index in [1.54, 1.807) is 0 Å². The Morgan fingerprint density at radius 1 is 1.17 bits per heavy atom. The molecule has 0 radical (unpaired) electrons. The fourth-order valence-corrected chi connectivity index (χ4v) is 4.15. The van der Waals surface area contributed by atoms with E-state index < -0.39 is 5.97 Å². The molecule has 0 aliphatic heterocycles. The van der Waals surface area contributed by atoms with Gasteiger partial charge in [0.05, 0.1) is 5.41 Å². The van der Waals surface area contributed by atoms with E-state index in [4.69, 9.17) is 0 Å². The SMILES string of the molecule is O=C(O)C12C[C@@H]3CC1C[C@H](C3)C2. The monoisotopic (exact) mass is 166 g/mol. The quantitative estimate of drug-likeness (QED) is 0.646. The van der Waals surface area contributed by atoms with E-state index in [9.17, 15) is 9.90 Å². The van der Waals surface area contributed by atoms with E-state index in [0.29, 0.717) is 5.92 Å². The van der Waals surface area contributed by atoms with Crippen molar-refractivity contribution in [2.45, 2.75) is 32.1 Å². The van der Waals surface area contributed by atoms with Gasteiger partial charge in [0.25, 0.3) is 0 Å². The Bertz CT molecular complexity index is 232. The highest BCUT2D eigenvalue weighted by Gasteiger charge is 2.61. The summed E-state index contributed by atoms with van der Waals surface area (Å²) in [6.45, 7) is 0. The minimum Gasteiger partial charge on any atom is -0.481 e. The van der Waals surface area contributed by atoms with Crippen molar-refractivity contribution in [3.63, 3.8) is 0 Å². The topological polar surface area (TPSA) is 37.3 Å². The van der Waals surface area contributed by atoms with Crippen molar-refractivity contribution in [2.75, 3.05) is 0 Å². The van der Waals surface area contributed by atoms with Gasteiger partial charge < -0.3 is 5.11 Å². The van der Waals surface area contributed by atoms with Crippen LogP contribution in [0.4, 0.5) is 0 Å². The van der Waals surface area contributed by atoms with Gasteiger partial charge in [0, 0.05) is 0 Å². The molecule has 66 valence electrons. The second-order valence-corrected chi connectivity index (χ2v) is 5.01. The van der Waals surface area contributed by atoms with Crippen LogP contribution in [0.2, 0.25) is 0 Å². The first kappa shape index (κ1) is 6.93. The zero-order valence-corrected chi connectivity index (χ0v) is 7.12. The van der Waals surface area contributed by atoms with Crippen molar-refractivity contribution in [1.82, 2.24) is 0 Å². The second kappa shape index (κ2) is 1.86. The lowest BCUT2D eigenvalue weighted by molar-refractivity contribution is -0.150. The summed E-state index contributed by atoms with van der Waals surface area (Å²) in [6.07, 6.45) is 5.73. The minimum absolute atomic E-state index is 0.256. The van der Waals surface area contributed by atoms with Crippen molar-refractivity contribution in [2.24, 2.45) is 23.2 Å². The van der Waals surface area contributed by atoms with Crippen LogP contribution in [0.25, 0.3) is 0 Å². The highest BCUT2D eigenvalue weighted by atomic mass is 16.4. The fraction of sp³-hybridized carbons (Fsp3) is 0.900. The number of rotatable bonds is 1. The Morgan fingerprint density at radius 2 is 1.75 bits per heavy atom. The Kier molecular flexibility index (Phi) is 1.07. The summed E-state index contributed by atoms with van der Waals surface area (Å²) in [4.78, 5) is 11.2. The first-order chi connectivity index (χ1) is 5.71. The van der Waals surface area contributed by atoms with E-state index in [1.807, 2.05) is 0 Å². The van der Waals surface area contributed by atoms with Gasteiger partial charge in [-0.2, -0.15) is 0 Å². The maximum absolute atomic E-state index is 11.2. The van der Waals surface area contributed by atoms with Gasteiger partial charge in [-0.15, -0.1) is 0 Å². The van der Waals surface area contributed by atoms with Gasteiger partial charge >= 0.3 is 5.97 Å². The van der Waals surface area contributed by atoms with Crippen LogP contribution in [0.1, 0.15) is 32.1 Å². The van der Waals surface area contributed by atoms with Crippen LogP contribution in [-0.4, -0.2) is 11.1 Å². The van der Waals surface area contributed by atoms with Gasteiger partial charge in [-0.25, -0.2) is 0 Å². The fourth-order valence-electron chi connectivity index (χ4n) is 4.15. The number of aliphatic carboxylic acids is 1. The molecule has 0 aromatic rings. The maximum Gasteiger partial charge on any atom is 0.309 e. The third-order valence-electron chi connectivity index (χ3n) is 4.42. The lowest BCUT2D eigenvalue weighted by Gasteiger charge is -2.28. The number of hydrogen-bond donors (Lipinski definition) is 1. The Hall–Kier alpha value is -0.530. The van der Waals surface area contributed by atoms with Gasteiger partial charge in [0.1, 0.15) is 0 Å². The number of carbonyl (C=O) groups is 1. The van der Waals surface area contributed by atoms with Crippen LogP contribution < -0.4 is 0 Å². The average Bonchev–Trinajstić information content (AvgIpc) is 2.37. The van der Waals surface area contributed by atoms with E-state index in [1.165, 1.54) is 19.3 Å². The summed E-state index contributed by atoms with van der Waals surface area (Å²) in [5.74, 6) is 1.56. The molecule has 0 aromatic heterocycles. The average molecular weight is 166 g/mol. The lowest BCUT2D eigenvalue weighted by Crippen LogP contribution is -2.32. The molecule has 4 aliphatic rings. The number of hydrogen-bond acceptors (Lipinski definition) is 1. The summed E-state index contributed by atoms with van der Waals surface area (Å²) in [5, 5.41) is 9.21. The van der Waals surface area contributed by atoms with Gasteiger partial charge in [0.15, 0.2) is 0 Å². The molecule has 0 spiro atoms. The first-order valence-corrected chi connectivity index (χ1v) is 4.94. The highest BCUT2D eigenvalue weighted by Crippen LogP contribution is 2.65. The zero-order valence-electron chi connectivity index (χ0n) is 7.12. The molecule has 0 saturated heterocycles. The smallest absolute Gasteiger partial charge is 0.309 e. The third kappa shape index (κ3) is 0.606. The van der Waals surface area contributed by atoms with Crippen molar-refractivity contribution in [1.29, 1.82) is 0 Å². The summed E-state index contributed by atoms with van der Waals surface area (Å²) in [5.41, 5.74) is -0.256. The molecule has 2 heteroatoms. The van der Waals surface area contributed by atoms with E-state index in [-0.39, 0.29) is 5.41 Å². The van der Waals surface area contributed by atoms with Crippen molar-refractivity contribution in [3.8, 4) is 0 Å². The normalized spacial score (nSPS) is 54.8. The molecule has 4 rings (SSSR count). The Balaban J connectivity index is 2.03. The molecule has 12 heavy (non-hydrogen) atoms. The molecule has 0 unspecified atom stereocenters. The van der Waals surface area contributed by atoms with Crippen LogP contribution in [0.15, 0.2) is 0 Å². The van der Waals surface area contributed by atoms with Crippen LogP contribution >= 0.6 is 0 Å². The predicted molar refractivity (Wildman–Crippen MR) is 43.6 cm³/mol. The van der Waals surface area contributed by atoms with E-state index >= 15 is 0 Å². The molecule has 2 atom stereocenters. The highest BCUT2D eigenvalue weighted by molar-refractivity contribution is 5.76. The van der Waals surface area contributed by atoms with Crippen molar-refractivity contribution in [3.05, 3.63) is 0 Å². The standard InChI is InChI=1S/C10H14O2/c11-9(12)10-4-6-1-7(5-10)3-8(10)2-6/h6-8H,1-5H2,(H,11,12)/t6-,7-,8?,10?/m0/s1. The molecule has 1 N–H and O–H groups in total. The summed E-state index contributed by atoms with van der Waals surface area (Å²) >= 11 is 0. The summed E-state index contributed by atoms with van der Waals surface area (Å²) in [7, 11) is 0. The number of carboxylic acids is 1. The number of carboxylic acid groups (broad SMARTS) is 1. The third-order valence-corrected chi connectivity index (χ3v) is 4.42. The van der Waals surface area contributed by atoms with Crippen LogP contribution in [0.5, 0.6) is 0 Å². The van der Waals surface area contributed by atoms with Gasteiger partial charge in [0.2, 0.25) is 0 Å². The molecule has 0 amide bonds. The Labute approximate surface area is 72.0 Å². The predicted octanol–water partition coefficient (Wildman–Crippen LogP) is 1.90.